The lowest BCUT2D eigenvalue weighted by Crippen LogP contribution is -2.31. The van der Waals surface area contributed by atoms with Crippen molar-refractivity contribution >= 4 is 28.7 Å². The Balaban J connectivity index is 1.89. The van der Waals surface area contributed by atoms with Gasteiger partial charge in [-0.1, -0.05) is 35.9 Å². The standard InChI is InChI=1S/C21H20ClN5O/c1-14(24-15-11-23-13-26(2)12-15)20-25-18-10-6-9-17(22)19(18)21(28)27(20)16-7-4-3-5-8-16/h3-12,14,24H,13H2,1-2H3/t14-/m0/s1. The monoisotopic (exact) mass is 393 g/mol. The summed E-state index contributed by atoms with van der Waals surface area (Å²) in [5.74, 6) is 0.605. The number of aliphatic imine (C=N–C) groups is 1. The Morgan fingerprint density at radius 1 is 1.14 bits per heavy atom. The SMILES string of the molecule is C[C@H](NC1=CN(C)CN=C1)c1nc2cccc(Cl)c2c(=O)n1-c1ccccc1. The molecule has 7 heteroatoms. The van der Waals surface area contributed by atoms with E-state index in [1.54, 1.807) is 22.9 Å². The highest BCUT2D eigenvalue weighted by Crippen LogP contribution is 2.23. The van der Waals surface area contributed by atoms with E-state index in [1.165, 1.54) is 0 Å². The van der Waals surface area contributed by atoms with Gasteiger partial charge >= 0.3 is 0 Å². The molecule has 3 aromatic rings. The average Bonchev–Trinajstić information content (AvgIpc) is 2.68. The Bertz CT molecular complexity index is 1140. The lowest BCUT2D eigenvalue weighted by atomic mass is 10.2. The number of nitrogens with one attached hydrogen (secondary N) is 1. The molecule has 1 aromatic heterocycles. The number of halogens is 1. The van der Waals surface area contributed by atoms with Gasteiger partial charge in [0.2, 0.25) is 0 Å². The number of hydrogen-bond donors (Lipinski definition) is 1. The molecule has 0 aliphatic carbocycles. The second kappa shape index (κ2) is 7.48. The Morgan fingerprint density at radius 3 is 2.68 bits per heavy atom. The van der Waals surface area contributed by atoms with Crippen molar-refractivity contribution in [1.82, 2.24) is 19.8 Å². The highest BCUT2D eigenvalue weighted by molar-refractivity contribution is 6.35. The molecule has 0 bridgehead atoms. The van der Waals surface area contributed by atoms with Crippen molar-refractivity contribution in [2.45, 2.75) is 13.0 Å². The van der Waals surface area contributed by atoms with Gasteiger partial charge in [0.1, 0.15) is 12.5 Å². The molecule has 1 aliphatic rings. The van der Waals surface area contributed by atoms with Crippen LogP contribution >= 0.6 is 11.6 Å². The van der Waals surface area contributed by atoms with Gasteiger partial charge in [0, 0.05) is 19.5 Å². The first-order valence-corrected chi connectivity index (χ1v) is 9.37. The van der Waals surface area contributed by atoms with Gasteiger partial charge in [-0.3, -0.25) is 14.4 Å². The fourth-order valence-electron chi connectivity index (χ4n) is 3.29. The molecule has 1 atom stereocenters. The lowest BCUT2D eigenvalue weighted by Gasteiger charge is -2.23. The van der Waals surface area contributed by atoms with Crippen LogP contribution in [0.2, 0.25) is 5.02 Å². The number of para-hydroxylation sites is 1. The van der Waals surface area contributed by atoms with Crippen molar-refractivity contribution in [2.75, 3.05) is 13.7 Å². The Morgan fingerprint density at radius 2 is 1.93 bits per heavy atom. The van der Waals surface area contributed by atoms with Gasteiger partial charge in [0.25, 0.3) is 5.56 Å². The number of hydrogen-bond acceptors (Lipinski definition) is 5. The van der Waals surface area contributed by atoms with Gasteiger partial charge in [-0.05, 0) is 31.2 Å². The molecule has 4 rings (SSSR count). The molecule has 0 radical (unpaired) electrons. The van der Waals surface area contributed by atoms with Crippen molar-refractivity contribution in [3.63, 3.8) is 0 Å². The third-order valence-corrected chi connectivity index (χ3v) is 4.87. The third-order valence-electron chi connectivity index (χ3n) is 4.55. The zero-order chi connectivity index (χ0) is 19.7. The molecular formula is C21H20ClN5O. The summed E-state index contributed by atoms with van der Waals surface area (Å²) in [5.41, 5.74) is 2.00. The topological polar surface area (TPSA) is 62.5 Å². The molecule has 2 aromatic carbocycles. The van der Waals surface area contributed by atoms with Gasteiger partial charge in [0.05, 0.1) is 33.4 Å². The van der Waals surface area contributed by atoms with Crippen LogP contribution < -0.4 is 10.9 Å². The zero-order valence-corrected chi connectivity index (χ0v) is 16.4. The largest absolute Gasteiger partial charge is 0.373 e. The summed E-state index contributed by atoms with van der Waals surface area (Å²) in [6, 6.07) is 14.6. The molecule has 6 nitrogen and oxygen atoms in total. The molecule has 0 spiro atoms. The van der Waals surface area contributed by atoms with Crippen molar-refractivity contribution in [3.05, 3.63) is 81.6 Å². The molecule has 1 N–H and O–H groups in total. The summed E-state index contributed by atoms with van der Waals surface area (Å²) in [5, 5.41) is 4.21. The number of benzene rings is 2. The highest BCUT2D eigenvalue weighted by atomic mass is 35.5. The maximum Gasteiger partial charge on any atom is 0.267 e. The molecule has 2 heterocycles. The van der Waals surface area contributed by atoms with E-state index in [0.29, 0.717) is 28.4 Å². The summed E-state index contributed by atoms with van der Waals surface area (Å²) >= 11 is 6.32. The second-order valence-corrected chi connectivity index (χ2v) is 7.15. The fourth-order valence-corrected chi connectivity index (χ4v) is 3.54. The van der Waals surface area contributed by atoms with Gasteiger partial charge in [-0.25, -0.2) is 4.98 Å². The first kappa shape index (κ1) is 18.3. The summed E-state index contributed by atoms with van der Waals surface area (Å²) < 4.78 is 1.62. The van der Waals surface area contributed by atoms with Crippen molar-refractivity contribution in [3.8, 4) is 5.69 Å². The number of fused-ring (bicyclic) bond motifs is 1. The third kappa shape index (κ3) is 3.39. The van der Waals surface area contributed by atoms with E-state index in [1.807, 2.05) is 61.5 Å². The Labute approximate surface area is 167 Å². The van der Waals surface area contributed by atoms with E-state index in [9.17, 15) is 4.79 Å². The number of nitrogens with zero attached hydrogens (tertiary/aromatic N) is 4. The van der Waals surface area contributed by atoms with Gasteiger partial charge in [-0.15, -0.1) is 0 Å². The minimum Gasteiger partial charge on any atom is -0.373 e. The second-order valence-electron chi connectivity index (χ2n) is 6.74. The van der Waals surface area contributed by atoms with Gasteiger partial charge in [0.15, 0.2) is 0 Å². The van der Waals surface area contributed by atoms with E-state index in [4.69, 9.17) is 16.6 Å². The van der Waals surface area contributed by atoms with Crippen LogP contribution in [0.4, 0.5) is 0 Å². The van der Waals surface area contributed by atoms with Gasteiger partial charge < -0.3 is 10.2 Å². The van der Waals surface area contributed by atoms with E-state index in [2.05, 4.69) is 10.3 Å². The predicted octanol–water partition coefficient (Wildman–Crippen LogP) is 3.50. The minimum atomic E-state index is -0.236. The first-order chi connectivity index (χ1) is 13.5. The molecule has 0 saturated heterocycles. The Hall–Kier alpha value is -3.12. The maximum absolute atomic E-state index is 13.4. The van der Waals surface area contributed by atoms with E-state index in [0.717, 1.165) is 11.4 Å². The van der Waals surface area contributed by atoms with Crippen LogP contribution in [-0.4, -0.2) is 34.4 Å². The molecule has 142 valence electrons. The molecule has 1 aliphatic heterocycles. The normalized spacial score (nSPS) is 14.8. The highest BCUT2D eigenvalue weighted by Gasteiger charge is 2.20. The van der Waals surface area contributed by atoms with Crippen LogP contribution in [0, 0.1) is 0 Å². The molecule has 0 fully saturated rings. The molecule has 0 saturated carbocycles. The van der Waals surface area contributed by atoms with Crippen LogP contribution in [0.25, 0.3) is 16.6 Å². The summed E-state index contributed by atoms with van der Waals surface area (Å²) in [6.45, 7) is 2.60. The van der Waals surface area contributed by atoms with Gasteiger partial charge in [-0.2, -0.15) is 0 Å². The van der Waals surface area contributed by atoms with Crippen LogP contribution in [0.1, 0.15) is 18.8 Å². The average molecular weight is 394 g/mol. The van der Waals surface area contributed by atoms with E-state index < -0.39 is 0 Å². The smallest absolute Gasteiger partial charge is 0.267 e. The van der Waals surface area contributed by atoms with Crippen LogP contribution in [-0.2, 0) is 0 Å². The number of rotatable bonds is 4. The number of allylic oxidation sites excluding steroid dienone is 1. The molecular weight excluding hydrogens is 374 g/mol. The summed E-state index contributed by atoms with van der Waals surface area (Å²) in [4.78, 5) is 24.5. The summed E-state index contributed by atoms with van der Waals surface area (Å²) in [6.07, 6.45) is 3.77. The molecule has 0 amide bonds. The van der Waals surface area contributed by atoms with Crippen molar-refractivity contribution < 1.29 is 0 Å². The van der Waals surface area contributed by atoms with Crippen molar-refractivity contribution in [2.24, 2.45) is 4.99 Å². The molecule has 28 heavy (non-hydrogen) atoms. The predicted molar refractivity (Wildman–Crippen MR) is 113 cm³/mol. The zero-order valence-electron chi connectivity index (χ0n) is 15.6. The van der Waals surface area contributed by atoms with E-state index >= 15 is 0 Å². The van der Waals surface area contributed by atoms with Crippen LogP contribution in [0.3, 0.4) is 0 Å². The lowest BCUT2D eigenvalue weighted by molar-refractivity contribution is 0.457. The van der Waals surface area contributed by atoms with E-state index in [-0.39, 0.29) is 11.6 Å². The minimum absolute atomic E-state index is 0.186. The molecule has 0 unspecified atom stereocenters. The quantitative estimate of drug-likeness (QED) is 0.736. The summed E-state index contributed by atoms with van der Waals surface area (Å²) in [7, 11) is 1.96. The maximum atomic E-state index is 13.4. The van der Waals surface area contributed by atoms with Crippen molar-refractivity contribution in [1.29, 1.82) is 0 Å². The van der Waals surface area contributed by atoms with Crippen LogP contribution in [0.5, 0.6) is 0 Å². The van der Waals surface area contributed by atoms with Crippen LogP contribution in [0.15, 0.2) is 70.2 Å². The fraction of sp³-hybridized carbons (Fsp3) is 0.190. The Kier molecular flexibility index (Phi) is 4.88. The number of aromatic nitrogens is 2. The first-order valence-electron chi connectivity index (χ1n) is 8.99.